The Hall–Kier alpha value is -0.340. The van der Waals surface area contributed by atoms with Gasteiger partial charge < -0.3 is 9.47 Å². The monoisotopic (exact) mass is 186 g/mol. The highest BCUT2D eigenvalue weighted by Crippen LogP contribution is 2.10. The summed E-state index contributed by atoms with van der Waals surface area (Å²) in [6.07, 6.45) is 6.75. The first kappa shape index (κ1) is 12.7. The molecule has 0 spiro atoms. The molecule has 0 atom stereocenters. The third-order valence-electron chi connectivity index (χ3n) is 2.06. The number of ether oxygens (including phenoxy) is 2. The van der Waals surface area contributed by atoms with Crippen molar-refractivity contribution in [3.63, 3.8) is 0 Å². The van der Waals surface area contributed by atoms with Crippen LogP contribution in [0.25, 0.3) is 0 Å². The Bertz CT molecular complexity index is 137. The van der Waals surface area contributed by atoms with Crippen molar-refractivity contribution in [2.75, 3.05) is 14.2 Å². The summed E-state index contributed by atoms with van der Waals surface area (Å²) in [5.74, 6) is 0. The second kappa shape index (κ2) is 8.27. The number of methoxy groups -OCH3 is 2. The molecular weight excluding hydrogens is 164 g/mol. The normalized spacial score (nSPS) is 12.5. The van der Waals surface area contributed by atoms with Crippen molar-refractivity contribution in [2.45, 2.75) is 45.8 Å². The molecule has 0 aliphatic rings. The third kappa shape index (κ3) is 6.79. The summed E-state index contributed by atoms with van der Waals surface area (Å²) < 4.78 is 10.2. The summed E-state index contributed by atoms with van der Waals surface area (Å²) in [6.45, 7) is 4.33. The summed E-state index contributed by atoms with van der Waals surface area (Å²) in [5.41, 5.74) is 1.35. The molecule has 0 saturated heterocycles. The van der Waals surface area contributed by atoms with Crippen LogP contribution in [0, 0.1) is 0 Å². The largest absolute Gasteiger partial charge is 0.356 e. The molecule has 78 valence electrons. The Labute approximate surface area is 81.9 Å². The van der Waals surface area contributed by atoms with Gasteiger partial charge in [0.1, 0.15) is 0 Å². The first-order chi connectivity index (χ1) is 6.24. The van der Waals surface area contributed by atoms with E-state index in [0.717, 1.165) is 6.42 Å². The highest BCUT2D eigenvalue weighted by atomic mass is 16.7. The van der Waals surface area contributed by atoms with E-state index in [9.17, 15) is 0 Å². The van der Waals surface area contributed by atoms with Crippen LogP contribution in [0.1, 0.15) is 39.5 Å². The number of rotatable bonds is 7. The van der Waals surface area contributed by atoms with Crippen molar-refractivity contribution in [3.8, 4) is 0 Å². The molecule has 0 aliphatic heterocycles. The summed E-state index contributed by atoms with van der Waals surface area (Å²) in [6, 6.07) is 0. The molecule has 13 heavy (non-hydrogen) atoms. The summed E-state index contributed by atoms with van der Waals surface area (Å²) in [7, 11) is 3.35. The van der Waals surface area contributed by atoms with E-state index in [2.05, 4.69) is 19.9 Å². The van der Waals surface area contributed by atoms with Crippen molar-refractivity contribution in [2.24, 2.45) is 0 Å². The van der Waals surface area contributed by atoms with Crippen LogP contribution in [-0.2, 0) is 9.47 Å². The van der Waals surface area contributed by atoms with E-state index >= 15 is 0 Å². The predicted octanol–water partition coefficient (Wildman–Crippen LogP) is 3.13. The minimum absolute atomic E-state index is 0.0853. The van der Waals surface area contributed by atoms with Gasteiger partial charge in [-0.15, -0.1) is 0 Å². The molecule has 0 radical (unpaired) electrons. The highest BCUT2D eigenvalue weighted by molar-refractivity contribution is 4.98. The number of hydrogen-bond acceptors (Lipinski definition) is 2. The van der Waals surface area contributed by atoms with E-state index in [4.69, 9.17) is 9.47 Å². The number of allylic oxidation sites excluding steroid dienone is 1. The van der Waals surface area contributed by atoms with Gasteiger partial charge in [-0.1, -0.05) is 31.4 Å². The molecule has 2 nitrogen and oxygen atoms in total. The molecule has 0 bridgehead atoms. The van der Waals surface area contributed by atoms with E-state index in [1.165, 1.54) is 24.8 Å². The molecule has 0 aromatic heterocycles. The van der Waals surface area contributed by atoms with E-state index in [-0.39, 0.29) is 6.29 Å². The maximum atomic E-state index is 5.11. The van der Waals surface area contributed by atoms with Crippen LogP contribution in [0.4, 0.5) is 0 Å². The smallest absolute Gasteiger partial charge is 0.160 e. The molecule has 0 rings (SSSR count). The molecule has 0 unspecified atom stereocenters. The van der Waals surface area contributed by atoms with Crippen molar-refractivity contribution < 1.29 is 9.47 Å². The maximum absolute atomic E-state index is 5.11. The fourth-order valence-corrected chi connectivity index (χ4v) is 1.16. The minimum atomic E-state index is -0.0853. The average molecular weight is 186 g/mol. The van der Waals surface area contributed by atoms with Gasteiger partial charge in [-0.2, -0.15) is 0 Å². The van der Waals surface area contributed by atoms with E-state index in [1.54, 1.807) is 14.2 Å². The lowest BCUT2D eigenvalue weighted by Crippen LogP contribution is -2.12. The van der Waals surface area contributed by atoms with Crippen molar-refractivity contribution >= 4 is 0 Å². The fourth-order valence-electron chi connectivity index (χ4n) is 1.16. The van der Waals surface area contributed by atoms with Crippen LogP contribution in [0.5, 0.6) is 0 Å². The Morgan fingerprint density at radius 3 is 2.38 bits per heavy atom. The molecule has 2 heteroatoms. The zero-order valence-electron chi connectivity index (χ0n) is 9.30. The molecule has 0 N–H and O–H groups in total. The second-order valence-electron chi connectivity index (χ2n) is 3.30. The van der Waals surface area contributed by atoms with Crippen molar-refractivity contribution in [1.29, 1.82) is 0 Å². The molecule has 0 amide bonds. The zero-order chi connectivity index (χ0) is 10.1. The number of hydrogen-bond donors (Lipinski definition) is 0. The Morgan fingerprint density at radius 1 is 1.31 bits per heavy atom. The minimum Gasteiger partial charge on any atom is -0.356 e. The first-order valence-corrected chi connectivity index (χ1v) is 4.95. The molecule has 0 saturated carbocycles. The van der Waals surface area contributed by atoms with Crippen LogP contribution in [0.3, 0.4) is 0 Å². The van der Waals surface area contributed by atoms with Gasteiger partial charge in [-0.3, -0.25) is 0 Å². The predicted molar refractivity (Wildman–Crippen MR) is 55.7 cm³/mol. The van der Waals surface area contributed by atoms with Crippen molar-refractivity contribution in [1.82, 2.24) is 0 Å². The second-order valence-corrected chi connectivity index (χ2v) is 3.30. The topological polar surface area (TPSA) is 18.5 Å². The Morgan fingerprint density at radius 2 is 1.92 bits per heavy atom. The lowest BCUT2D eigenvalue weighted by Gasteiger charge is -2.13. The van der Waals surface area contributed by atoms with Gasteiger partial charge in [0.2, 0.25) is 0 Å². The average Bonchev–Trinajstić information content (AvgIpc) is 2.14. The summed E-state index contributed by atoms with van der Waals surface area (Å²) in [4.78, 5) is 0. The van der Waals surface area contributed by atoms with Crippen molar-refractivity contribution in [3.05, 3.63) is 11.6 Å². The SMILES string of the molecule is CCCC/C=C(\C)CC(OC)OC. The Balaban J connectivity index is 3.69. The van der Waals surface area contributed by atoms with Crippen LogP contribution >= 0.6 is 0 Å². The molecule has 0 heterocycles. The standard InChI is InChI=1S/C11H22O2/c1-5-6-7-8-10(2)9-11(12-3)13-4/h8,11H,5-7,9H2,1-4H3/b10-8+. The van der Waals surface area contributed by atoms with Crippen LogP contribution in [0.15, 0.2) is 11.6 Å². The van der Waals surface area contributed by atoms with Gasteiger partial charge in [-0.05, 0) is 13.3 Å². The molecule has 0 aromatic rings. The Kier molecular flexibility index (Phi) is 8.05. The van der Waals surface area contributed by atoms with E-state index in [0.29, 0.717) is 0 Å². The van der Waals surface area contributed by atoms with Gasteiger partial charge >= 0.3 is 0 Å². The zero-order valence-corrected chi connectivity index (χ0v) is 9.30. The van der Waals surface area contributed by atoms with Crippen LogP contribution in [-0.4, -0.2) is 20.5 Å². The highest BCUT2D eigenvalue weighted by Gasteiger charge is 2.04. The van der Waals surface area contributed by atoms with Gasteiger partial charge in [0.05, 0.1) is 0 Å². The first-order valence-electron chi connectivity index (χ1n) is 4.95. The van der Waals surface area contributed by atoms with E-state index < -0.39 is 0 Å². The maximum Gasteiger partial charge on any atom is 0.160 e. The number of unbranched alkanes of at least 4 members (excludes halogenated alkanes) is 2. The van der Waals surface area contributed by atoms with E-state index in [1.807, 2.05) is 0 Å². The fraction of sp³-hybridized carbons (Fsp3) is 0.818. The van der Waals surface area contributed by atoms with Gasteiger partial charge in [0, 0.05) is 20.6 Å². The summed E-state index contributed by atoms with van der Waals surface area (Å²) >= 11 is 0. The van der Waals surface area contributed by atoms with Gasteiger partial charge in [0.25, 0.3) is 0 Å². The van der Waals surface area contributed by atoms with Crippen LogP contribution in [0.2, 0.25) is 0 Å². The lowest BCUT2D eigenvalue weighted by molar-refractivity contribution is -0.100. The third-order valence-corrected chi connectivity index (χ3v) is 2.06. The molecule has 0 aliphatic carbocycles. The van der Waals surface area contributed by atoms with Gasteiger partial charge in [-0.25, -0.2) is 0 Å². The van der Waals surface area contributed by atoms with Crippen LogP contribution < -0.4 is 0 Å². The summed E-state index contributed by atoms with van der Waals surface area (Å²) in [5, 5.41) is 0. The molecule has 0 fully saturated rings. The van der Waals surface area contributed by atoms with Gasteiger partial charge in [0.15, 0.2) is 6.29 Å². The quantitative estimate of drug-likeness (QED) is 0.345. The molecular formula is C11H22O2. The molecule has 0 aromatic carbocycles. The lowest BCUT2D eigenvalue weighted by atomic mass is 10.1.